The van der Waals surface area contributed by atoms with E-state index in [0.29, 0.717) is 16.8 Å². The first-order valence-corrected chi connectivity index (χ1v) is 13.2. The molecule has 0 spiro atoms. The molecule has 2 amide bonds. The van der Waals surface area contributed by atoms with Crippen LogP contribution in [0, 0.1) is 13.8 Å². The van der Waals surface area contributed by atoms with Gasteiger partial charge in [-0.05, 0) is 68.1 Å². The van der Waals surface area contributed by atoms with Gasteiger partial charge in [0.2, 0.25) is 11.8 Å². The van der Waals surface area contributed by atoms with Crippen molar-refractivity contribution >= 4 is 28.5 Å². The summed E-state index contributed by atoms with van der Waals surface area (Å²) in [5, 5.41) is 21.6. The molecular weight excluding hydrogens is 478 g/mol. The molecule has 0 radical (unpaired) electrons. The quantitative estimate of drug-likeness (QED) is 0.365. The fraction of sp³-hybridized carbons (Fsp3) is 0.333. The molecule has 1 saturated carbocycles. The summed E-state index contributed by atoms with van der Waals surface area (Å²) in [6.07, 6.45) is 5.18. The predicted octanol–water partition coefficient (Wildman–Crippen LogP) is 4.98. The Morgan fingerprint density at radius 1 is 1.03 bits per heavy atom. The van der Waals surface area contributed by atoms with Crippen molar-refractivity contribution < 1.29 is 14.7 Å². The van der Waals surface area contributed by atoms with Crippen LogP contribution in [0.1, 0.15) is 54.8 Å². The smallest absolute Gasteiger partial charge is 0.249 e. The van der Waals surface area contributed by atoms with Gasteiger partial charge in [0.05, 0.1) is 5.52 Å². The molecule has 0 bridgehead atoms. The molecule has 0 saturated heterocycles. The molecule has 1 aliphatic carbocycles. The van der Waals surface area contributed by atoms with Crippen LogP contribution >= 0.6 is 0 Å². The Balaban J connectivity index is 1.58. The number of aromatic nitrogens is 3. The van der Waals surface area contributed by atoms with Crippen molar-refractivity contribution in [3.8, 4) is 5.75 Å². The first kappa shape index (κ1) is 25.4. The van der Waals surface area contributed by atoms with Crippen LogP contribution in [0.3, 0.4) is 0 Å². The van der Waals surface area contributed by atoms with E-state index >= 15 is 0 Å². The molecule has 2 N–H and O–H groups in total. The third kappa shape index (κ3) is 5.39. The van der Waals surface area contributed by atoms with Crippen LogP contribution in [-0.2, 0) is 16.1 Å². The average Bonchev–Trinajstić information content (AvgIpc) is 3.31. The number of benzene rings is 3. The van der Waals surface area contributed by atoms with Gasteiger partial charge in [-0.25, -0.2) is 4.68 Å². The van der Waals surface area contributed by atoms with E-state index in [2.05, 4.69) is 15.6 Å². The number of hydrogen-bond acceptors (Lipinski definition) is 5. The third-order valence-electron chi connectivity index (χ3n) is 7.25. The average molecular weight is 512 g/mol. The van der Waals surface area contributed by atoms with Crippen LogP contribution in [0.15, 0.2) is 66.7 Å². The Morgan fingerprint density at radius 2 is 1.76 bits per heavy atom. The van der Waals surface area contributed by atoms with Crippen LogP contribution < -0.4 is 10.2 Å². The maximum atomic E-state index is 14.2. The number of amides is 2. The Bertz CT molecular complexity index is 1440. The number of nitrogens with one attached hydrogen (secondary N) is 1. The number of fused-ring (bicyclic) bond motifs is 1. The number of rotatable bonds is 7. The molecule has 1 unspecified atom stereocenters. The Labute approximate surface area is 222 Å². The van der Waals surface area contributed by atoms with Crippen LogP contribution in [0.25, 0.3) is 11.0 Å². The number of phenolic OH excluding ortho intramolecular Hbond substituents is 1. The molecule has 1 atom stereocenters. The number of carbonyl (C=O) groups excluding carboxylic acids is 2. The highest BCUT2D eigenvalue weighted by Crippen LogP contribution is 2.33. The number of anilines is 1. The molecule has 5 rings (SSSR count). The summed E-state index contributed by atoms with van der Waals surface area (Å²) in [4.78, 5) is 29.8. The first-order chi connectivity index (χ1) is 18.4. The lowest BCUT2D eigenvalue weighted by molar-refractivity contribution is -0.127. The largest absolute Gasteiger partial charge is 0.508 e. The second-order valence-electron chi connectivity index (χ2n) is 10.1. The maximum Gasteiger partial charge on any atom is 0.249 e. The number of hydrogen-bond donors (Lipinski definition) is 2. The molecule has 0 aliphatic heterocycles. The van der Waals surface area contributed by atoms with Crippen molar-refractivity contribution in [2.24, 2.45) is 0 Å². The monoisotopic (exact) mass is 511 g/mol. The number of nitrogens with zero attached hydrogens (tertiary/aromatic N) is 4. The zero-order valence-electron chi connectivity index (χ0n) is 21.8. The van der Waals surface area contributed by atoms with E-state index in [1.54, 1.807) is 33.8 Å². The van der Waals surface area contributed by atoms with E-state index in [0.717, 1.165) is 42.3 Å². The van der Waals surface area contributed by atoms with Gasteiger partial charge in [0.25, 0.3) is 0 Å². The maximum absolute atomic E-state index is 14.2. The lowest BCUT2D eigenvalue weighted by atomic mass is 9.94. The lowest BCUT2D eigenvalue weighted by Crippen LogP contribution is -2.48. The van der Waals surface area contributed by atoms with Gasteiger partial charge in [0, 0.05) is 11.7 Å². The van der Waals surface area contributed by atoms with E-state index in [1.165, 1.54) is 6.42 Å². The van der Waals surface area contributed by atoms with Gasteiger partial charge in [-0.1, -0.05) is 66.4 Å². The van der Waals surface area contributed by atoms with Crippen LogP contribution in [0.5, 0.6) is 5.75 Å². The van der Waals surface area contributed by atoms with Gasteiger partial charge < -0.3 is 10.4 Å². The van der Waals surface area contributed by atoms with Crippen LogP contribution in [-0.4, -0.2) is 38.0 Å². The molecule has 4 aromatic rings. The summed E-state index contributed by atoms with van der Waals surface area (Å²) in [5.74, 6) is -0.428. The van der Waals surface area contributed by atoms with Crippen molar-refractivity contribution in [1.82, 2.24) is 20.3 Å². The standard InChI is InChI=1S/C30H33N5O3/c1-20-12-17-26(21(2)18-20)35(28(37)19-34-27-11-7-6-10-25(27)32-33-34)29(22-13-15-24(36)16-14-22)30(38)31-23-8-4-3-5-9-23/h6-7,10-18,23,29,36H,3-5,8-9,19H2,1-2H3,(H,31,38). The summed E-state index contributed by atoms with van der Waals surface area (Å²) in [5.41, 5.74) is 4.66. The van der Waals surface area contributed by atoms with Crippen LogP contribution in [0.4, 0.5) is 5.69 Å². The Kier molecular flexibility index (Phi) is 7.40. The summed E-state index contributed by atoms with van der Waals surface area (Å²) < 4.78 is 1.57. The second-order valence-corrected chi connectivity index (χ2v) is 10.1. The van der Waals surface area contributed by atoms with Gasteiger partial charge in [-0.3, -0.25) is 14.5 Å². The predicted molar refractivity (Wildman–Crippen MR) is 147 cm³/mol. The van der Waals surface area contributed by atoms with Gasteiger partial charge in [-0.2, -0.15) is 0 Å². The van der Waals surface area contributed by atoms with Crippen molar-refractivity contribution in [2.75, 3.05) is 4.90 Å². The van der Waals surface area contributed by atoms with Gasteiger partial charge >= 0.3 is 0 Å². The highest BCUT2D eigenvalue weighted by Gasteiger charge is 2.35. The minimum atomic E-state index is -0.929. The third-order valence-corrected chi connectivity index (χ3v) is 7.25. The number of aromatic hydroxyl groups is 1. The van der Waals surface area contributed by atoms with Crippen molar-refractivity contribution in [3.05, 3.63) is 83.4 Å². The van der Waals surface area contributed by atoms with Crippen molar-refractivity contribution in [1.29, 1.82) is 0 Å². The van der Waals surface area contributed by atoms with Crippen molar-refractivity contribution in [2.45, 2.75) is 64.6 Å². The summed E-state index contributed by atoms with van der Waals surface area (Å²) >= 11 is 0. The SMILES string of the molecule is Cc1ccc(N(C(=O)Cn2nnc3ccccc32)C(C(=O)NC2CCCCC2)c2ccc(O)cc2)c(C)c1. The number of para-hydroxylation sites is 1. The molecule has 8 nitrogen and oxygen atoms in total. The second kappa shape index (κ2) is 11.0. The first-order valence-electron chi connectivity index (χ1n) is 13.2. The molecule has 1 aromatic heterocycles. The molecule has 196 valence electrons. The molecule has 1 fully saturated rings. The van der Waals surface area contributed by atoms with Gasteiger partial charge in [-0.15, -0.1) is 5.10 Å². The number of phenols is 1. The normalized spacial score (nSPS) is 14.8. The highest BCUT2D eigenvalue weighted by molar-refractivity contribution is 6.02. The fourth-order valence-corrected chi connectivity index (χ4v) is 5.33. The highest BCUT2D eigenvalue weighted by atomic mass is 16.3. The van der Waals surface area contributed by atoms with E-state index in [1.807, 2.05) is 56.3 Å². The number of aryl methyl sites for hydroxylation is 2. The van der Waals surface area contributed by atoms with E-state index in [4.69, 9.17) is 0 Å². The topological polar surface area (TPSA) is 100 Å². The van der Waals surface area contributed by atoms with Crippen molar-refractivity contribution in [3.63, 3.8) is 0 Å². The summed E-state index contributed by atoms with van der Waals surface area (Å²) in [7, 11) is 0. The Morgan fingerprint density at radius 3 is 2.50 bits per heavy atom. The zero-order chi connectivity index (χ0) is 26.6. The molecule has 3 aromatic carbocycles. The molecule has 38 heavy (non-hydrogen) atoms. The lowest BCUT2D eigenvalue weighted by Gasteiger charge is -2.34. The van der Waals surface area contributed by atoms with Crippen LogP contribution in [0.2, 0.25) is 0 Å². The molecular formula is C30H33N5O3. The minimum absolute atomic E-state index is 0.0752. The summed E-state index contributed by atoms with van der Waals surface area (Å²) in [6, 6.07) is 19.0. The van der Waals surface area contributed by atoms with E-state index < -0.39 is 6.04 Å². The van der Waals surface area contributed by atoms with Gasteiger partial charge in [0.1, 0.15) is 23.9 Å². The minimum Gasteiger partial charge on any atom is -0.508 e. The summed E-state index contributed by atoms with van der Waals surface area (Å²) in [6.45, 7) is 3.86. The zero-order valence-corrected chi connectivity index (χ0v) is 21.8. The Hall–Kier alpha value is -4.20. The molecule has 1 heterocycles. The van der Waals surface area contributed by atoms with E-state index in [-0.39, 0.29) is 30.2 Å². The molecule has 8 heteroatoms. The van der Waals surface area contributed by atoms with E-state index in [9.17, 15) is 14.7 Å². The van der Waals surface area contributed by atoms with Gasteiger partial charge in [0.15, 0.2) is 0 Å². The fourth-order valence-electron chi connectivity index (χ4n) is 5.33. The molecule has 1 aliphatic rings. The number of carbonyl (C=O) groups is 2.